The van der Waals surface area contributed by atoms with Gasteiger partial charge in [0.2, 0.25) is 5.95 Å². The Labute approximate surface area is 127 Å². The first-order valence-corrected chi connectivity index (χ1v) is 7.34. The van der Waals surface area contributed by atoms with E-state index in [-0.39, 0.29) is 12.1 Å². The molecule has 5 nitrogen and oxygen atoms in total. The van der Waals surface area contributed by atoms with Crippen LogP contribution in [0.3, 0.4) is 0 Å². The van der Waals surface area contributed by atoms with Crippen molar-refractivity contribution in [2.45, 2.75) is 31.8 Å². The van der Waals surface area contributed by atoms with E-state index in [1.807, 2.05) is 0 Å². The van der Waals surface area contributed by atoms with E-state index in [9.17, 15) is 4.39 Å². The van der Waals surface area contributed by atoms with Crippen LogP contribution >= 0.6 is 11.6 Å². The second kappa shape index (κ2) is 5.61. The topological polar surface area (TPSA) is 70.8 Å². The number of nitrogens with two attached hydrogens (primary N) is 1. The van der Waals surface area contributed by atoms with Crippen LogP contribution in [0.1, 0.15) is 19.8 Å². The fourth-order valence-corrected chi connectivity index (χ4v) is 2.80. The zero-order valence-corrected chi connectivity index (χ0v) is 12.4. The second-order valence-electron chi connectivity index (χ2n) is 5.35. The average Bonchev–Trinajstić information content (AvgIpc) is 2.91. The number of benzene rings is 1. The van der Waals surface area contributed by atoms with Crippen molar-refractivity contribution in [3.63, 3.8) is 0 Å². The van der Waals surface area contributed by atoms with Gasteiger partial charge in [-0.25, -0.2) is 4.39 Å². The molecule has 3 N–H and O–H groups in total. The van der Waals surface area contributed by atoms with Gasteiger partial charge in [-0.15, -0.1) is 5.10 Å². The van der Waals surface area contributed by atoms with Gasteiger partial charge in [0, 0.05) is 23.7 Å². The lowest BCUT2D eigenvalue weighted by Crippen LogP contribution is -2.50. The summed E-state index contributed by atoms with van der Waals surface area (Å²) in [4.78, 5) is 6.46. The lowest BCUT2D eigenvalue weighted by Gasteiger charge is -2.36. The van der Waals surface area contributed by atoms with Crippen LogP contribution in [0.15, 0.2) is 18.2 Å². The maximum absolute atomic E-state index is 13.9. The van der Waals surface area contributed by atoms with Gasteiger partial charge in [0.15, 0.2) is 5.82 Å². The summed E-state index contributed by atoms with van der Waals surface area (Å²) in [6, 6.07) is 4.75. The highest BCUT2D eigenvalue weighted by atomic mass is 35.5. The molecule has 1 aliphatic rings. The van der Waals surface area contributed by atoms with E-state index in [0.717, 1.165) is 19.4 Å². The SMILES string of the molecule is CC1C(N)CCCN1c1n[nH]c(-c2ccc(Cl)cc2F)n1. The first kappa shape index (κ1) is 14.3. The molecule has 3 rings (SSSR count). The smallest absolute Gasteiger partial charge is 0.245 e. The van der Waals surface area contributed by atoms with Crippen molar-refractivity contribution in [2.75, 3.05) is 11.4 Å². The lowest BCUT2D eigenvalue weighted by molar-refractivity contribution is 0.416. The quantitative estimate of drug-likeness (QED) is 0.894. The van der Waals surface area contributed by atoms with Gasteiger partial charge in [-0.2, -0.15) is 4.98 Å². The van der Waals surface area contributed by atoms with Gasteiger partial charge in [0.25, 0.3) is 0 Å². The molecule has 0 bridgehead atoms. The molecule has 21 heavy (non-hydrogen) atoms. The third kappa shape index (κ3) is 2.73. The molecule has 112 valence electrons. The van der Waals surface area contributed by atoms with E-state index in [0.29, 0.717) is 22.4 Å². The number of anilines is 1. The Morgan fingerprint density at radius 3 is 3.05 bits per heavy atom. The summed E-state index contributed by atoms with van der Waals surface area (Å²) in [7, 11) is 0. The van der Waals surface area contributed by atoms with Gasteiger partial charge in [-0.1, -0.05) is 11.6 Å². The van der Waals surface area contributed by atoms with Crippen LogP contribution in [0.25, 0.3) is 11.4 Å². The number of H-pyrrole nitrogens is 1. The van der Waals surface area contributed by atoms with Crippen molar-refractivity contribution < 1.29 is 4.39 Å². The summed E-state index contributed by atoms with van der Waals surface area (Å²) in [5, 5.41) is 7.34. The molecule has 2 heterocycles. The van der Waals surface area contributed by atoms with E-state index in [1.165, 1.54) is 6.07 Å². The van der Waals surface area contributed by atoms with Gasteiger partial charge in [-0.3, -0.25) is 5.10 Å². The van der Waals surface area contributed by atoms with Crippen LogP contribution in [-0.2, 0) is 0 Å². The first-order valence-electron chi connectivity index (χ1n) is 6.96. The number of piperidine rings is 1. The Morgan fingerprint density at radius 1 is 1.48 bits per heavy atom. The maximum Gasteiger partial charge on any atom is 0.245 e. The number of aromatic nitrogens is 3. The molecule has 0 radical (unpaired) electrons. The van der Waals surface area contributed by atoms with Gasteiger partial charge in [0.05, 0.1) is 5.56 Å². The fraction of sp³-hybridized carbons (Fsp3) is 0.429. The maximum atomic E-state index is 13.9. The highest BCUT2D eigenvalue weighted by Crippen LogP contribution is 2.26. The van der Waals surface area contributed by atoms with Crippen LogP contribution in [0, 0.1) is 5.82 Å². The Hall–Kier alpha value is -1.66. The van der Waals surface area contributed by atoms with Crippen molar-refractivity contribution >= 4 is 17.5 Å². The Bertz CT molecular complexity index is 644. The van der Waals surface area contributed by atoms with E-state index >= 15 is 0 Å². The third-order valence-corrected chi connectivity index (χ3v) is 4.20. The molecule has 2 aromatic rings. The minimum atomic E-state index is -0.423. The number of halogens is 2. The largest absolute Gasteiger partial charge is 0.335 e. The Balaban J connectivity index is 1.89. The predicted octanol–water partition coefficient (Wildman–Crippen LogP) is 2.58. The summed E-state index contributed by atoms with van der Waals surface area (Å²) in [5.74, 6) is 0.529. The monoisotopic (exact) mass is 309 g/mol. The predicted molar refractivity (Wildman–Crippen MR) is 80.8 cm³/mol. The van der Waals surface area contributed by atoms with Gasteiger partial charge in [0.1, 0.15) is 5.82 Å². The molecule has 1 aliphatic heterocycles. The van der Waals surface area contributed by atoms with Crippen LogP contribution < -0.4 is 10.6 Å². The average molecular weight is 310 g/mol. The van der Waals surface area contributed by atoms with Crippen LogP contribution in [0.4, 0.5) is 10.3 Å². The fourth-order valence-electron chi connectivity index (χ4n) is 2.64. The van der Waals surface area contributed by atoms with Crippen LogP contribution in [0.2, 0.25) is 5.02 Å². The lowest BCUT2D eigenvalue weighted by atomic mass is 9.99. The van der Waals surface area contributed by atoms with Crippen molar-refractivity contribution in [3.8, 4) is 11.4 Å². The molecule has 7 heteroatoms. The summed E-state index contributed by atoms with van der Waals surface area (Å²) >= 11 is 5.76. The van der Waals surface area contributed by atoms with Crippen molar-refractivity contribution in [2.24, 2.45) is 5.73 Å². The standard InChI is InChI=1S/C14H17ClFN5/c1-8-12(17)3-2-6-21(8)14-18-13(19-20-14)10-5-4-9(15)7-11(10)16/h4-5,7-8,12H,2-3,6,17H2,1H3,(H,18,19,20). The number of aromatic amines is 1. The molecule has 0 spiro atoms. The molecule has 2 atom stereocenters. The van der Waals surface area contributed by atoms with E-state index in [2.05, 4.69) is 27.0 Å². The molecule has 0 amide bonds. The van der Waals surface area contributed by atoms with E-state index in [4.69, 9.17) is 17.3 Å². The van der Waals surface area contributed by atoms with Gasteiger partial charge in [-0.05, 0) is 38.0 Å². The first-order chi connectivity index (χ1) is 10.1. The molecular formula is C14H17ClFN5. The molecule has 0 aliphatic carbocycles. The number of hydrogen-bond donors (Lipinski definition) is 2. The summed E-state index contributed by atoms with van der Waals surface area (Å²) in [6.07, 6.45) is 2.01. The summed E-state index contributed by atoms with van der Waals surface area (Å²) in [6.45, 7) is 2.91. The molecular weight excluding hydrogens is 293 g/mol. The van der Waals surface area contributed by atoms with Gasteiger partial charge >= 0.3 is 0 Å². The number of nitrogens with zero attached hydrogens (tertiary/aromatic N) is 3. The summed E-state index contributed by atoms with van der Waals surface area (Å²) < 4.78 is 13.9. The second-order valence-corrected chi connectivity index (χ2v) is 5.78. The Morgan fingerprint density at radius 2 is 2.29 bits per heavy atom. The zero-order chi connectivity index (χ0) is 15.0. The molecule has 2 unspecified atom stereocenters. The number of rotatable bonds is 2. The van der Waals surface area contributed by atoms with Crippen LogP contribution in [-0.4, -0.2) is 33.8 Å². The number of nitrogens with one attached hydrogen (secondary N) is 1. The minimum Gasteiger partial charge on any atom is -0.335 e. The van der Waals surface area contributed by atoms with E-state index < -0.39 is 5.82 Å². The Kier molecular flexibility index (Phi) is 3.82. The summed E-state index contributed by atoms with van der Waals surface area (Å²) in [5.41, 5.74) is 6.44. The van der Waals surface area contributed by atoms with Crippen molar-refractivity contribution in [1.82, 2.24) is 15.2 Å². The normalized spacial score (nSPS) is 22.6. The third-order valence-electron chi connectivity index (χ3n) is 3.96. The van der Waals surface area contributed by atoms with E-state index in [1.54, 1.807) is 12.1 Å². The van der Waals surface area contributed by atoms with Crippen LogP contribution in [0.5, 0.6) is 0 Å². The molecule has 1 saturated heterocycles. The molecule has 0 saturated carbocycles. The molecule has 1 fully saturated rings. The highest BCUT2D eigenvalue weighted by Gasteiger charge is 2.28. The highest BCUT2D eigenvalue weighted by molar-refractivity contribution is 6.30. The minimum absolute atomic E-state index is 0.105. The van der Waals surface area contributed by atoms with Gasteiger partial charge < -0.3 is 10.6 Å². The zero-order valence-electron chi connectivity index (χ0n) is 11.7. The van der Waals surface area contributed by atoms with Crippen molar-refractivity contribution in [1.29, 1.82) is 0 Å². The molecule has 1 aromatic heterocycles. The number of hydrogen-bond acceptors (Lipinski definition) is 4. The van der Waals surface area contributed by atoms with Crippen molar-refractivity contribution in [3.05, 3.63) is 29.0 Å². The molecule has 1 aromatic carbocycles.